The quantitative estimate of drug-likeness (QED) is 0.735. The van der Waals surface area contributed by atoms with Crippen molar-refractivity contribution in [2.24, 2.45) is 11.8 Å². The van der Waals surface area contributed by atoms with E-state index < -0.39 is 0 Å². The topological polar surface area (TPSA) is 66.1 Å². The van der Waals surface area contributed by atoms with Crippen molar-refractivity contribution in [2.75, 3.05) is 13.1 Å². The highest BCUT2D eigenvalue weighted by Crippen LogP contribution is 2.21. The van der Waals surface area contributed by atoms with Crippen LogP contribution in [0.1, 0.15) is 38.3 Å². The number of amides is 1. The van der Waals surface area contributed by atoms with Crippen molar-refractivity contribution in [2.45, 2.75) is 32.7 Å². The highest BCUT2D eigenvalue weighted by atomic mass is 16.1. The van der Waals surface area contributed by atoms with Crippen molar-refractivity contribution in [3.8, 4) is 0 Å². The van der Waals surface area contributed by atoms with Gasteiger partial charge in [0.2, 0.25) is 5.91 Å². The number of hydrazine groups is 1. The first-order valence-electron chi connectivity index (χ1n) is 7.32. The lowest BCUT2D eigenvalue weighted by Crippen LogP contribution is -2.32. The Morgan fingerprint density at radius 2 is 2.20 bits per heavy atom. The molecule has 1 fully saturated rings. The smallest absolute Gasteiger partial charge is 0.220 e. The fourth-order valence-corrected chi connectivity index (χ4v) is 2.48. The fraction of sp³-hybridized carbons (Fsp3) is 0.600. The molecule has 0 saturated carbocycles. The molecule has 110 valence electrons. The Morgan fingerprint density at radius 3 is 2.80 bits per heavy atom. The molecule has 1 saturated heterocycles. The van der Waals surface area contributed by atoms with Crippen LogP contribution in [-0.2, 0) is 4.79 Å². The minimum Gasteiger partial charge on any atom is -0.349 e. The molecule has 2 heterocycles. The Balaban J connectivity index is 1.86. The Labute approximate surface area is 120 Å². The van der Waals surface area contributed by atoms with Crippen LogP contribution in [0.3, 0.4) is 0 Å². The van der Waals surface area contributed by atoms with Gasteiger partial charge in [-0.1, -0.05) is 19.9 Å². The van der Waals surface area contributed by atoms with E-state index in [2.05, 4.69) is 35.0 Å². The number of nitrogens with zero attached hydrogens (tertiary/aromatic N) is 1. The van der Waals surface area contributed by atoms with Gasteiger partial charge in [0.1, 0.15) is 0 Å². The number of carbonyl (C=O) groups is 1. The summed E-state index contributed by atoms with van der Waals surface area (Å²) in [6.07, 6.45) is 5.08. The molecule has 1 aliphatic heterocycles. The summed E-state index contributed by atoms with van der Waals surface area (Å²) < 4.78 is 0. The van der Waals surface area contributed by atoms with Crippen LogP contribution in [0.4, 0.5) is 0 Å². The van der Waals surface area contributed by atoms with E-state index in [0.717, 1.165) is 25.1 Å². The van der Waals surface area contributed by atoms with Gasteiger partial charge in [0, 0.05) is 31.9 Å². The number of hydrogen-bond acceptors (Lipinski definition) is 4. The molecule has 2 rings (SSSR count). The number of aromatic nitrogens is 1. The van der Waals surface area contributed by atoms with Crippen LogP contribution < -0.4 is 16.2 Å². The van der Waals surface area contributed by atoms with Crippen LogP contribution in [-0.4, -0.2) is 24.0 Å². The summed E-state index contributed by atoms with van der Waals surface area (Å²) in [5, 5.41) is 3.14. The van der Waals surface area contributed by atoms with Gasteiger partial charge < -0.3 is 5.32 Å². The molecular weight excluding hydrogens is 252 g/mol. The summed E-state index contributed by atoms with van der Waals surface area (Å²) in [5.41, 5.74) is 7.25. The second-order valence-electron chi connectivity index (χ2n) is 5.74. The first kappa shape index (κ1) is 14.9. The van der Waals surface area contributed by atoms with Crippen LogP contribution in [0.5, 0.6) is 0 Å². The van der Waals surface area contributed by atoms with Crippen LogP contribution in [0, 0.1) is 11.8 Å². The van der Waals surface area contributed by atoms with Gasteiger partial charge in [-0.15, -0.1) is 0 Å². The average molecular weight is 276 g/mol. The maximum Gasteiger partial charge on any atom is 0.220 e. The average Bonchev–Trinajstić information content (AvgIpc) is 2.96. The largest absolute Gasteiger partial charge is 0.349 e. The van der Waals surface area contributed by atoms with E-state index in [1.54, 1.807) is 6.20 Å². The second kappa shape index (κ2) is 7.36. The van der Waals surface area contributed by atoms with E-state index in [4.69, 9.17) is 0 Å². The molecule has 5 nitrogen and oxygen atoms in total. The van der Waals surface area contributed by atoms with Gasteiger partial charge in [-0.25, -0.2) is 0 Å². The van der Waals surface area contributed by atoms with Crippen LogP contribution in [0.15, 0.2) is 24.5 Å². The third kappa shape index (κ3) is 4.28. The van der Waals surface area contributed by atoms with Crippen molar-refractivity contribution < 1.29 is 4.79 Å². The second-order valence-corrected chi connectivity index (χ2v) is 5.74. The summed E-state index contributed by atoms with van der Waals surface area (Å²) in [5.74, 6) is 1.02. The summed E-state index contributed by atoms with van der Waals surface area (Å²) >= 11 is 0. The number of carbonyl (C=O) groups excluding carboxylic acids is 1. The lowest BCUT2D eigenvalue weighted by Gasteiger charge is -2.22. The zero-order valence-corrected chi connectivity index (χ0v) is 12.2. The SMILES string of the molecule is CC(C)C(NC(=O)CCC1CNNC1)c1cccnc1. The maximum atomic E-state index is 12.1. The molecular formula is C15H24N4O. The van der Waals surface area contributed by atoms with Crippen molar-refractivity contribution in [1.29, 1.82) is 0 Å². The minimum atomic E-state index is 0.0380. The van der Waals surface area contributed by atoms with E-state index in [1.807, 2.05) is 18.3 Å². The molecule has 1 aliphatic rings. The van der Waals surface area contributed by atoms with E-state index in [9.17, 15) is 4.79 Å². The zero-order chi connectivity index (χ0) is 14.4. The van der Waals surface area contributed by atoms with Gasteiger partial charge in [0.15, 0.2) is 0 Å². The minimum absolute atomic E-state index is 0.0380. The summed E-state index contributed by atoms with van der Waals surface area (Å²) in [4.78, 5) is 16.3. The highest BCUT2D eigenvalue weighted by molar-refractivity contribution is 5.76. The van der Waals surface area contributed by atoms with Gasteiger partial charge in [0.05, 0.1) is 6.04 Å². The molecule has 0 bridgehead atoms. The summed E-state index contributed by atoms with van der Waals surface area (Å²) in [6.45, 7) is 6.12. The number of rotatable bonds is 6. The van der Waals surface area contributed by atoms with Crippen molar-refractivity contribution in [3.05, 3.63) is 30.1 Å². The molecule has 1 aromatic heterocycles. The first-order chi connectivity index (χ1) is 9.66. The van der Waals surface area contributed by atoms with Gasteiger partial charge in [0.25, 0.3) is 0 Å². The summed E-state index contributed by atoms with van der Waals surface area (Å²) in [6, 6.07) is 3.96. The standard InChI is InChI=1S/C15H24N4O/c1-11(2)15(13-4-3-7-16-10-13)19-14(20)6-5-12-8-17-18-9-12/h3-4,7,10-12,15,17-18H,5-6,8-9H2,1-2H3,(H,19,20). The molecule has 1 aromatic rings. The van der Waals surface area contributed by atoms with E-state index in [1.165, 1.54) is 0 Å². The molecule has 0 aliphatic carbocycles. The Morgan fingerprint density at radius 1 is 1.45 bits per heavy atom. The molecule has 20 heavy (non-hydrogen) atoms. The maximum absolute atomic E-state index is 12.1. The zero-order valence-electron chi connectivity index (χ0n) is 12.2. The predicted octanol–water partition coefficient (Wildman–Crippen LogP) is 1.40. The first-order valence-corrected chi connectivity index (χ1v) is 7.32. The van der Waals surface area contributed by atoms with Gasteiger partial charge >= 0.3 is 0 Å². The van der Waals surface area contributed by atoms with E-state index in [-0.39, 0.29) is 11.9 Å². The molecule has 0 aromatic carbocycles. The number of hydrogen-bond donors (Lipinski definition) is 3. The molecule has 5 heteroatoms. The predicted molar refractivity (Wildman–Crippen MR) is 78.7 cm³/mol. The highest BCUT2D eigenvalue weighted by Gasteiger charge is 2.20. The van der Waals surface area contributed by atoms with Crippen LogP contribution in [0.25, 0.3) is 0 Å². The monoisotopic (exact) mass is 276 g/mol. The van der Waals surface area contributed by atoms with Gasteiger partial charge in [-0.05, 0) is 29.9 Å². The number of nitrogens with one attached hydrogen (secondary N) is 3. The van der Waals surface area contributed by atoms with E-state index >= 15 is 0 Å². The summed E-state index contributed by atoms with van der Waals surface area (Å²) in [7, 11) is 0. The Kier molecular flexibility index (Phi) is 5.49. The lowest BCUT2D eigenvalue weighted by molar-refractivity contribution is -0.122. The van der Waals surface area contributed by atoms with Gasteiger partial charge in [-0.3, -0.25) is 20.6 Å². The van der Waals surface area contributed by atoms with E-state index in [0.29, 0.717) is 18.3 Å². The third-order valence-corrected chi connectivity index (χ3v) is 3.71. The number of pyridine rings is 1. The molecule has 0 spiro atoms. The van der Waals surface area contributed by atoms with Crippen LogP contribution >= 0.6 is 0 Å². The normalized spacial score (nSPS) is 17.4. The molecule has 3 N–H and O–H groups in total. The van der Waals surface area contributed by atoms with Crippen LogP contribution in [0.2, 0.25) is 0 Å². The molecule has 0 radical (unpaired) electrons. The molecule has 1 atom stereocenters. The lowest BCUT2D eigenvalue weighted by atomic mass is 9.97. The third-order valence-electron chi connectivity index (χ3n) is 3.71. The Bertz CT molecular complexity index is 415. The van der Waals surface area contributed by atoms with Crippen molar-refractivity contribution in [3.63, 3.8) is 0 Å². The van der Waals surface area contributed by atoms with Crippen molar-refractivity contribution >= 4 is 5.91 Å². The molecule has 1 amide bonds. The Hall–Kier alpha value is -1.46. The van der Waals surface area contributed by atoms with Gasteiger partial charge in [-0.2, -0.15) is 0 Å². The molecule has 1 unspecified atom stereocenters. The van der Waals surface area contributed by atoms with Crippen molar-refractivity contribution in [1.82, 2.24) is 21.2 Å². The fourth-order valence-electron chi connectivity index (χ4n) is 2.48.